The fourth-order valence-electron chi connectivity index (χ4n) is 4.22. The van der Waals surface area contributed by atoms with Crippen molar-refractivity contribution in [3.05, 3.63) is 23.5 Å². The van der Waals surface area contributed by atoms with E-state index in [-0.39, 0.29) is 30.3 Å². The van der Waals surface area contributed by atoms with Gasteiger partial charge in [-0.05, 0) is 25.2 Å². The summed E-state index contributed by atoms with van der Waals surface area (Å²) in [6.07, 6.45) is 7.65. The van der Waals surface area contributed by atoms with Crippen LogP contribution in [0.4, 0.5) is 0 Å². The van der Waals surface area contributed by atoms with Gasteiger partial charge in [0.1, 0.15) is 11.9 Å². The molecular formula is C22H33NO5. The Morgan fingerprint density at radius 2 is 2.14 bits per heavy atom. The van der Waals surface area contributed by atoms with E-state index in [9.17, 15) is 20.3 Å². The maximum absolute atomic E-state index is 10.7. The molecule has 3 N–H and O–H groups in total. The van der Waals surface area contributed by atoms with Gasteiger partial charge in [-0.1, -0.05) is 38.8 Å². The summed E-state index contributed by atoms with van der Waals surface area (Å²) in [7, 11) is 0. The summed E-state index contributed by atoms with van der Waals surface area (Å²) >= 11 is 0. The van der Waals surface area contributed by atoms with Crippen molar-refractivity contribution < 1.29 is 24.9 Å². The van der Waals surface area contributed by atoms with Crippen LogP contribution >= 0.6 is 0 Å². The quantitative estimate of drug-likeness (QED) is 0.388. The van der Waals surface area contributed by atoms with Crippen molar-refractivity contribution in [2.75, 3.05) is 0 Å². The Morgan fingerprint density at radius 3 is 2.79 bits per heavy atom. The molecular weight excluding hydrogens is 358 g/mol. The zero-order chi connectivity index (χ0) is 20.7. The number of hydrogen-bond donors (Lipinski definition) is 3. The molecule has 1 saturated carbocycles. The number of ether oxygens (including phenoxy) is 1. The third kappa shape index (κ3) is 5.83. The highest BCUT2D eigenvalue weighted by Crippen LogP contribution is 2.46. The van der Waals surface area contributed by atoms with Gasteiger partial charge in [-0.2, -0.15) is 5.26 Å². The fraction of sp³-hybridized carbons (Fsp3) is 0.727. The first-order valence-electron chi connectivity index (χ1n) is 10.4. The molecule has 2 fully saturated rings. The standard InChI is InChI=1S/C22H33NO5/c1-3-4-6-14(2)18(24)10-9-16-17-11-20(28-21(17)12-19(16)25)15(13-23)7-5-8-22(26)27/h9-10,14,16-19,21,24-25H,3-8,11-12H2,1-2H3,(H,26,27)/t14-,16-,17-,18-,19-,21+/m1/s1. The lowest BCUT2D eigenvalue weighted by atomic mass is 9.89. The highest BCUT2D eigenvalue weighted by atomic mass is 16.5. The SMILES string of the molecule is CCCC[C@@H](C)[C@H](O)C=C[C@@H]1[C@H]2CC(=C(C#N)CCCC(=O)O)O[C@H]2C[C@H]1O. The zero-order valence-electron chi connectivity index (χ0n) is 16.9. The Labute approximate surface area is 167 Å². The van der Waals surface area contributed by atoms with Crippen LogP contribution in [0.2, 0.25) is 0 Å². The average Bonchev–Trinajstić information content (AvgIpc) is 3.18. The molecule has 0 aromatic carbocycles. The summed E-state index contributed by atoms with van der Waals surface area (Å²) in [4.78, 5) is 10.7. The molecule has 6 nitrogen and oxygen atoms in total. The van der Waals surface area contributed by atoms with E-state index in [1.54, 1.807) is 6.08 Å². The number of carboxylic acid groups (broad SMARTS) is 1. The third-order valence-corrected chi connectivity index (χ3v) is 6.02. The largest absolute Gasteiger partial charge is 0.493 e. The summed E-state index contributed by atoms with van der Waals surface area (Å²) in [6, 6.07) is 2.16. The second-order valence-corrected chi connectivity index (χ2v) is 8.16. The van der Waals surface area contributed by atoms with Crippen molar-refractivity contribution in [3.63, 3.8) is 0 Å². The molecule has 6 heteroatoms. The summed E-state index contributed by atoms with van der Waals surface area (Å²) < 4.78 is 5.96. The van der Waals surface area contributed by atoms with E-state index in [1.807, 2.05) is 13.0 Å². The number of aliphatic carboxylic acids is 1. The van der Waals surface area contributed by atoms with Crippen molar-refractivity contribution in [3.8, 4) is 6.07 Å². The molecule has 0 unspecified atom stereocenters. The van der Waals surface area contributed by atoms with Crippen molar-refractivity contribution in [1.82, 2.24) is 0 Å². The number of carboxylic acids is 1. The number of nitrogens with zero attached hydrogens (tertiary/aromatic N) is 1. The molecule has 2 aliphatic rings. The smallest absolute Gasteiger partial charge is 0.303 e. The molecule has 0 bridgehead atoms. The monoisotopic (exact) mass is 391 g/mol. The Bertz CT molecular complexity index is 635. The van der Waals surface area contributed by atoms with Gasteiger partial charge >= 0.3 is 5.97 Å². The lowest BCUT2D eigenvalue weighted by molar-refractivity contribution is -0.137. The van der Waals surface area contributed by atoms with Crippen molar-refractivity contribution in [2.45, 2.75) is 83.5 Å². The van der Waals surface area contributed by atoms with Crippen molar-refractivity contribution >= 4 is 5.97 Å². The molecule has 0 aromatic heterocycles. The molecule has 156 valence electrons. The first-order chi connectivity index (χ1) is 13.4. The first kappa shape index (κ1) is 22.4. The molecule has 28 heavy (non-hydrogen) atoms. The average molecular weight is 392 g/mol. The molecule has 1 aliphatic heterocycles. The number of nitriles is 1. The number of rotatable bonds is 10. The van der Waals surface area contributed by atoms with Crippen LogP contribution < -0.4 is 0 Å². The molecule has 0 aromatic rings. The van der Waals surface area contributed by atoms with Gasteiger partial charge in [0.15, 0.2) is 0 Å². The number of carbonyl (C=O) groups is 1. The van der Waals surface area contributed by atoms with Gasteiger partial charge in [-0.15, -0.1) is 0 Å². The van der Waals surface area contributed by atoms with Crippen LogP contribution in [0.15, 0.2) is 23.5 Å². The minimum atomic E-state index is -0.869. The van der Waals surface area contributed by atoms with E-state index in [0.717, 1.165) is 19.3 Å². The number of allylic oxidation sites excluding steroid dienone is 2. The summed E-state index contributed by atoms with van der Waals surface area (Å²) in [5, 5.41) is 38.9. The topological polar surface area (TPSA) is 111 Å². The molecule has 6 atom stereocenters. The first-order valence-corrected chi connectivity index (χ1v) is 10.4. The minimum Gasteiger partial charge on any atom is -0.493 e. The minimum absolute atomic E-state index is 0.0312. The molecule has 2 rings (SSSR count). The van der Waals surface area contributed by atoms with Crippen LogP contribution in [0.3, 0.4) is 0 Å². The van der Waals surface area contributed by atoms with Crippen molar-refractivity contribution in [2.24, 2.45) is 17.8 Å². The van der Waals surface area contributed by atoms with Gasteiger partial charge in [-0.3, -0.25) is 4.79 Å². The highest BCUT2D eigenvalue weighted by molar-refractivity contribution is 5.66. The van der Waals surface area contributed by atoms with Crippen molar-refractivity contribution in [1.29, 1.82) is 5.26 Å². The van der Waals surface area contributed by atoms with Gasteiger partial charge in [0.05, 0.1) is 23.9 Å². The molecule has 0 amide bonds. The summed E-state index contributed by atoms with van der Waals surface area (Å²) in [6.45, 7) is 4.17. The lowest BCUT2D eigenvalue weighted by Crippen LogP contribution is -2.20. The van der Waals surface area contributed by atoms with Gasteiger partial charge in [-0.25, -0.2) is 0 Å². The summed E-state index contributed by atoms with van der Waals surface area (Å²) in [5.74, 6) is -0.0615. The van der Waals surface area contributed by atoms with Crippen LogP contribution in [0, 0.1) is 29.1 Å². The number of unbranched alkanes of at least 4 members (excludes halogenated alkanes) is 1. The van der Waals surface area contributed by atoms with E-state index in [1.165, 1.54) is 0 Å². The Hall–Kier alpha value is -1.84. The Kier molecular flexibility index (Phi) is 8.53. The van der Waals surface area contributed by atoms with Gasteiger partial charge in [0.2, 0.25) is 0 Å². The second-order valence-electron chi connectivity index (χ2n) is 8.16. The summed E-state index contributed by atoms with van der Waals surface area (Å²) in [5.41, 5.74) is 0.515. The van der Waals surface area contributed by atoms with Gasteiger partial charge in [0.25, 0.3) is 0 Å². The van der Waals surface area contributed by atoms with Gasteiger partial charge < -0.3 is 20.1 Å². The molecule has 1 heterocycles. The molecule has 1 saturated heterocycles. The predicted octanol–water partition coefficient (Wildman–Crippen LogP) is 3.55. The van der Waals surface area contributed by atoms with E-state index in [0.29, 0.717) is 37.0 Å². The Balaban J connectivity index is 2.00. The molecule has 1 aliphatic carbocycles. The van der Waals surface area contributed by atoms with Crippen LogP contribution in [0.5, 0.6) is 0 Å². The predicted molar refractivity (Wildman–Crippen MR) is 105 cm³/mol. The van der Waals surface area contributed by atoms with Gasteiger partial charge in [0, 0.05) is 31.1 Å². The van der Waals surface area contributed by atoms with Crippen LogP contribution in [0.25, 0.3) is 0 Å². The Morgan fingerprint density at radius 1 is 1.39 bits per heavy atom. The maximum atomic E-state index is 10.7. The number of hydrogen-bond acceptors (Lipinski definition) is 5. The molecule has 0 spiro atoms. The number of aliphatic hydroxyl groups is 2. The fourth-order valence-corrected chi connectivity index (χ4v) is 4.22. The maximum Gasteiger partial charge on any atom is 0.303 e. The van der Waals surface area contributed by atoms with Crippen LogP contribution in [-0.4, -0.2) is 39.6 Å². The van der Waals surface area contributed by atoms with E-state index in [4.69, 9.17) is 9.84 Å². The zero-order valence-corrected chi connectivity index (χ0v) is 16.9. The van der Waals surface area contributed by atoms with E-state index in [2.05, 4.69) is 13.0 Å². The molecule has 0 radical (unpaired) electrons. The third-order valence-electron chi connectivity index (χ3n) is 6.02. The normalized spacial score (nSPS) is 30.5. The number of fused-ring (bicyclic) bond motifs is 1. The lowest BCUT2D eigenvalue weighted by Gasteiger charge is -2.18. The number of aliphatic hydroxyl groups excluding tert-OH is 2. The van der Waals surface area contributed by atoms with Crippen LogP contribution in [-0.2, 0) is 9.53 Å². The van der Waals surface area contributed by atoms with Crippen LogP contribution in [0.1, 0.15) is 65.2 Å². The highest BCUT2D eigenvalue weighted by Gasteiger charge is 2.47. The second kappa shape index (κ2) is 10.6. The van der Waals surface area contributed by atoms with E-state index >= 15 is 0 Å². The van der Waals surface area contributed by atoms with E-state index < -0.39 is 18.2 Å².